The maximum atomic E-state index is 13.3. The fraction of sp³-hybridized carbons (Fsp3) is 0.440. The molecule has 2 rings (SSSR count). The van der Waals surface area contributed by atoms with Crippen LogP contribution in [0, 0.1) is 0 Å². The first-order valence-electron chi connectivity index (χ1n) is 10.8. The lowest BCUT2D eigenvalue weighted by Crippen LogP contribution is -2.48. The van der Waals surface area contributed by atoms with Gasteiger partial charge in [0.05, 0.1) is 27.8 Å². The lowest BCUT2D eigenvalue weighted by atomic mass is 10.1. The van der Waals surface area contributed by atoms with Gasteiger partial charge in [-0.3, -0.25) is 9.59 Å². The monoisotopic (exact) mass is 442 g/mol. The molecule has 0 radical (unpaired) electrons. The number of methoxy groups -OCH3 is 3. The van der Waals surface area contributed by atoms with Crippen LogP contribution in [0.15, 0.2) is 42.5 Å². The van der Waals surface area contributed by atoms with Crippen LogP contribution in [0.5, 0.6) is 17.2 Å². The molecule has 1 N–H and O–H groups in total. The molecule has 0 aromatic heterocycles. The van der Waals surface area contributed by atoms with Crippen molar-refractivity contribution in [3.63, 3.8) is 0 Å². The van der Waals surface area contributed by atoms with Gasteiger partial charge in [-0.2, -0.15) is 0 Å². The van der Waals surface area contributed by atoms with Crippen LogP contribution in [0.25, 0.3) is 0 Å². The van der Waals surface area contributed by atoms with Crippen LogP contribution in [-0.2, 0) is 22.6 Å². The minimum atomic E-state index is -0.610. The highest BCUT2D eigenvalue weighted by molar-refractivity contribution is 5.88. The summed E-state index contributed by atoms with van der Waals surface area (Å²) in [4.78, 5) is 27.7. The Morgan fingerprint density at radius 2 is 1.59 bits per heavy atom. The van der Waals surface area contributed by atoms with E-state index in [2.05, 4.69) is 12.2 Å². The normalized spacial score (nSPS) is 11.4. The van der Waals surface area contributed by atoms with E-state index >= 15 is 0 Å². The van der Waals surface area contributed by atoms with Gasteiger partial charge in [-0.15, -0.1) is 0 Å². The first-order chi connectivity index (χ1) is 15.4. The second-order valence-corrected chi connectivity index (χ2v) is 7.56. The fourth-order valence-electron chi connectivity index (χ4n) is 3.31. The molecule has 0 bridgehead atoms. The second kappa shape index (κ2) is 12.6. The van der Waals surface area contributed by atoms with Crippen molar-refractivity contribution < 1.29 is 23.8 Å². The van der Waals surface area contributed by atoms with Crippen molar-refractivity contribution in [2.75, 3.05) is 27.9 Å². The molecule has 2 amide bonds. The molecule has 7 nitrogen and oxygen atoms in total. The Morgan fingerprint density at radius 1 is 0.938 bits per heavy atom. The van der Waals surface area contributed by atoms with Crippen molar-refractivity contribution in [3.05, 3.63) is 53.6 Å². The lowest BCUT2D eigenvalue weighted by Gasteiger charge is -2.29. The summed E-state index contributed by atoms with van der Waals surface area (Å²) < 4.78 is 15.8. The molecule has 0 spiro atoms. The van der Waals surface area contributed by atoms with Crippen molar-refractivity contribution in [1.82, 2.24) is 10.2 Å². The van der Waals surface area contributed by atoms with E-state index < -0.39 is 6.04 Å². The van der Waals surface area contributed by atoms with Gasteiger partial charge in [0.1, 0.15) is 11.8 Å². The molecule has 0 saturated heterocycles. The number of hydrogen-bond donors (Lipinski definition) is 1. The number of amides is 2. The van der Waals surface area contributed by atoms with Crippen LogP contribution >= 0.6 is 0 Å². The molecule has 0 aliphatic rings. The van der Waals surface area contributed by atoms with E-state index in [-0.39, 0.29) is 18.2 Å². The Hall–Kier alpha value is -3.22. The molecule has 7 heteroatoms. The third-order valence-electron chi connectivity index (χ3n) is 5.31. The number of unbranched alkanes of at least 4 members (excludes halogenated alkanes) is 1. The number of carbonyl (C=O) groups excluding carboxylic acids is 2. The first kappa shape index (κ1) is 25.0. The highest BCUT2D eigenvalue weighted by atomic mass is 16.5. The summed E-state index contributed by atoms with van der Waals surface area (Å²) in [6.45, 7) is 4.74. The number of benzene rings is 2. The fourth-order valence-corrected chi connectivity index (χ4v) is 3.31. The molecule has 0 fully saturated rings. The molecule has 1 atom stereocenters. The average molecular weight is 443 g/mol. The van der Waals surface area contributed by atoms with E-state index in [1.165, 1.54) is 0 Å². The van der Waals surface area contributed by atoms with Crippen LogP contribution in [0.1, 0.15) is 37.8 Å². The van der Waals surface area contributed by atoms with E-state index in [0.717, 1.165) is 29.7 Å². The van der Waals surface area contributed by atoms with Crippen molar-refractivity contribution in [1.29, 1.82) is 0 Å². The van der Waals surface area contributed by atoms with Gasteiger partial charge in [-0.05, 0) is 48.7 Å². The van der Waals surface area contributed by atoms with Crippen LogP contribution in [0.2, 0.25) is 0 Å². The zero-order valence-electron chi connectivity index (χ0n) is 19.6. The van der Waals surface area contributed by atoms with E-state index in [0.29, 0.717) is 24.6 Å². The maximum absolute atomic E-state index is 13.3. The third-order valence-corrected chi connectivity index (χ3v) is 5.31. The zero-order chi connectivity index (χ0) is 23.5. The Labute approximate surface area is 190 Å². The maximum Gasteiger partial charge on any atom is 0.242 e. The minimum absolute atomic E-state index is 0.142. The molecular formula is C25H34N2O5. The molecule has 2 aromatic carbocycles. The number of rotatable bonds is 12. The van der Waals surface area contributed by atoms with Crippen molar-refractivity contribution >= 4 is 11.8 Å². The number of hydrogen-bond acceptors (Lipinski definition) is 5. The number of nitrogens with one attached hydrogen (secondary N) is 1. The Kier molecular flexibility index (Phi) is 9.85. The smallest absolute Gasteiger partial charge is 0.242 e. The van der Waals surface area contributed by atoms with Gasteiger partial charge in [0.15, 0.2) is 11.5 Å². The average Bonchev–Trinajstić information content (AvgIpc) is 2.82. The Balaban J connectivity index is 2.23. The van der Waals surface area contributed by atoms with Crippen molar-refractivity contribution in [2.24, 2.45) is 0 Å². The predicted octanol–water partition coefficient (Wildman–Crippen LogP) is 3.59. The summed E-state index contributed by atoms with van der Waals surface area (Å²) in [5.41, 5.74) is 1.70. The first-order valence-corrected chi connectivity index (χ1v) is 10.8. The molecular weight excluding hydrogens is 408 g/mol. The number of carbonyl (C=O) groups is 2. The molecule has 0 unspecified atom stereocenters. The summed E-state index contributed by atoms with van der Waals surface area (Å²) in [6, 6.07) is 12.3. The van der Waals surface area contributed by atoms with Crippen LogP contribution < -0.4 is 19.5 Å². The van der Waals surface area contributed by atoms with Crippen LogP contribution in [0.3, 0.4) is 0 Å². The summed E-state index contributed by atoms with van der Waals surface area (Å²) in [5, 5.41) is 2.93. The van der Waals surface area contributed by atoms with E-state index in [4.69, 9.17) is 14.2 Å². The molecule has 32 heavy (non-hydrogen) atoms. The molecule has 0 aliphatic carbocycles. The third kappa shape index (κ3) is 6.90. The van der Waals surface area contributed by atoms with Gasteiger partial charge in [-0.1, -0.05) is 31.5 Å². The summed E-state index contributed by atoms with van der Waals surface area (Å²) in [6.07, 6.45) is 2.03. The molecule has 0 heterocycles. The Morgan fingerprint density at radius 3 is 2.19 bits per heavy atom. The quantitative estimate of drug-likeness (QED) is 0.509. The van der Waals surface area contributed by atoms with Gasteiger partial charge >= 0.3 is 0 Å². The molecule has 2 aromatic rings. The van der Waals surface area contributed by atoms with Gasteiger partial charge in [0, 0.05) is 13.1 Å². The summed E-state index contributed by atoms with van der Waals surface area (Å²) in [5.74, 6) is 1.59. The van der Waals surface area contributed by atoms with Crippen molar-refractivity contribution in [3.8, 4) is 17.2 Å². The van der Waals surface area contributed by atoms with Crippen molar-refractivity contribution in [2.45, 2.75) is 45.7 Å². The highest BCUT2D eigenvalue weighted by Crippen LogP contribution is 2.28. The van der Waals surface area contributed by atoms with Gasteiger partial charge in [0.2, 0.25) is 11.8 Å². The molecule has 0 aliphatic heterocycles. The topological polar surface area (TPSA) is 77.1 Å². The van der Waals surface area contributed by atoms with Crippen LogP contribution in [-0.4, -0.2) is 50.6 Å². The van der Waals surface area contributed by atoms with E-state index in [1.807, 2.05) is 30.3 Å². The minimum Gasteiger partial charge on any atom is -0.497 e. The highest BCUT2D eigenvalue weighted by Gasteiger charge is 2.26. The second-order valence-electron chi connectivity index (χ2n) is 7.56. The van der Waals surface area contributed by atoms with E-state index in [9.17, 15) is 9.59 Å². The SMILES string of the molecule is CCCCNC(=O)[C@H](C)N(Cc1ccc(OC)cc1)C(=O)Cc1ccc(OC)c(OC)c1. The number of nitrogens with zero attached hydrogens (tertiary/aromatic N) is 1. The van der Waals surface area contributed by atoms with Crippen LogP contribution in [0.4, 0.5) is 0 Å². The number of ether oxygens (including phenoxy) is 3. The molecule has 0 saturated carbocycles. The zero-order valence-corrected chi connectivity index (χ0v) is 19.6. The van der Waals surface area contributed by atoms with E-state index in [1.54, 1.807) is 45.3 Å². The summed E-state index contributed by atoms with van der Waals surface area (Å²) in [7, 11) is 4.73. The van der Waals surface area contributed by atoms with Gasteiger partial charge < -0.3 is 24.4 Å². The largest absolute Gasteiger partial charge is 0.497 e. The molecule has 174 valence electrons. The van der Waals surface area contributed by atoms with Gasteiger partial charge in [0.25, 0.3) is 0 Å². The lowest BCUT2D eigenvalue weighted by molar-refractivity contribution is -0.140. The summed E-state index contributed by atoms with van der Waals surface area (Å²) >= 11 is 0. The predicted molar refractivity (Wildman–Crippen MR) is 124 cm³/mol. The Bertz CT molecular complexity index is 882. The van der Waals surface area contributed by atoms with Gasteiger partial charge in [-0.25, -0.2) is 0 Å². The standard InChI is InChI=1S/C25H34N2O5/c1-6-7-14-26-25(29)18(2)27(17-19-8-11-21(30-3)12-9-19)24(28)16-20-10-13-22(31-4)23(15-20)32-5/h8-13,15,18H,6-7,14,16-17H2,1-5H3,(H,26,29)/t18-/m0/s1.